The number of nitrogens with zero attached hydrogens (tertiary/aromatic N) is 2. The van der Waals surface area contributed by atoms with Crippen LogP contribution in [0.1, 0.15) is 82.9 Å². The van der Waals surface area contributed by atoms with Crippen LogP contribution in [0.25, 0.3) is 11.3 Å². The zero-order valence-electron chi connectivity index (χ0n) is 16.1. The van der Waals surface area contributed by atoms with Crippen LogP contribution in [-0.4, -0.2) is 10.2 Å². The van der Waals surface area contributed by atoms with Crippen LogP contribution < -0.4 is 0 Å². The Balaban J connectivity index is 1.79. The van der Waals surface area contributed by atoms with Crippen LogP contribution in [0.3, 0.4) is 0 Å². The predicted octanol–water partition coefficient (Wildman–Crippen LogP) is 6.78. The SMILES string of the molecule is CCCCCCCCc1ccc(-c2ccc(CCCCC)cc2)nn1. The molecule has 0 saturated carbocycles. The molecular formula is C23H34N2. The Bertz CT molecular complexity index is 572. The van der Waals surface area contributed by atoms with E-state index in [1.165, 1.54) is 69.8 Å². The van der Waals surface area contributed by atoms with E-state index < -0.39 is 0 Å². The highest BCUT2D eigenvalue weighted by Crippen LogP contribution is 2.18. The Kier molecular flexibility index (Phi) is 9.25. The summed E-state index contributed by atoms with van der Waals surface area (Å²) in [7, 11) is 0. The molecule has 2 aromatic rings. The van der Waals surface area contributed by atoms with Gasteiger partial charge in [-0.2, -0.15) is 10.2 Å². The van der Waals surface area contributed by atoms with Gasteiger partial charge in [0.05, 0.1) is 11.4 Å². The van der Waals surface area contributed by atoms with Crippen molar-refractivity contribution in [2.75, 3.05) is 0 Å². The zero-order chi connectivity index (χ0) is 17.7. The number of aryl methyl sites for hydroxylation is 2. The minimum Gasteiger partial charge on any atom is -0.155 e. The first-order valence-corrected chi connectivity index (χ1v) is 10.3. The molecule has 0 spiro atoms. The monoisotopic (exact) mass is 338 g/mol. The van der Waals surface area contributed by atoms with Crippen LogP contribution in [0.5, 0.6) is 0 Å². The quantitative estimate of drug-likeness (QED) is 0.399. The molecule has 0 atom stereocenters. The summed E-state index contributed by atoms with van der Waals surface area (Å²) >= 11 is 0. The Morgan fingerprint density at radius 1 is 0.600 bits per heavy atom. The van der Waals surface area contributed by atoms with Crippen LogP contribution >= 0.6 is 0 Å². The number of hydrogen-bond acceptors (Lipinski definition) is 2. The van der Waals surface area contributed by atoms with E-state index in [2.05, 4.69) is 60.4 Å². The molecule has 0 aliphatic heterocycles. The summed E-state index contributed by atoms with van der Waals surface area (Å²) in [6.07, 6.45) is 14.0. The van der Waals surface area contributed by atoms with Gasteiger partial charge in [-0.25, -0.2) is 0 Å². The lowest BCUT2D eigenvalue weighted by atomic mass is 10.0. The molecule has 136 valence electrons. The molecule has 0 amide bonds. The fourth-order valence-corrected chi connectivity index (χ4v) is 3.15. The van der Waals surface area contributed by atoms with Crippen LogP contribution in [0.4, 0.5) is 0 Å². The molecule has 1 aromatic carbocycles. The average Bonchev–Trinajstić information content (AvgIpc) is 2.66. The van der Waals surface area contributed by atoms with E-state index in [9.17, 15) is 0 Å². The van der Waals surface area contributed by atoms with Gasteiger partial charge in [0, 0.05) is 5.56 Å². The van der Waals surface area contributed by atoms with Gasteiger partial charge in [-0.3, -0.25) is 0 Å². The lowest BCUT2D eigenvalue weighted by Gasteiger charge is -2.05. The number of rotatable bonds is 12. The molecule has 25 heavy (non-hydrogen) atoms. The van der Waals surface area contributed by atoms with E-state index in [1.54, 1.807) is 0 Å². The zero-order valence-corrected chi connectivity index (χ0v) is 16.1. The Hall–Kier alpha value is -1.70. The minimum atomic E-state index is 0.979. The molecule has 1 heterocycles. The lowest BCUT2D eigenvalue weighted by Crippen LogP contribution is -1.95. The molecule has 0 fully saturated rings. The van der Waals surface area contributed by atoms with Crippen LogP contribution in [0.15, 0.2) is 36.4 Å². The van der Waals surface area contributed by atoms with Crippen molar-refractivity contribution >= 4 is 0 Å². The Morgan fingerprint density at radius 2 is 1.24 bits per heavy atom. The summed E-state index contributed by atoms with van der Waals surface area (Å²) in [5, 5.41) is 8.85. The van der Waals surface area contributed by atoms with Crippen LogP contribution in [0.2, 0.25) is 0 Å². The van der Waals surface area contributed by atoms with Crippen molar-refractivity contribution in [1.29, 1.82) is 0 Å². The number of unbranched alkanes of at least 4 members (excludes halogenated alkanes) is 7. The molecule has 0 N–H and O–H groups in total. The Morgan fingerprint density at radius 3 is 1.92 bits per heavy atom. The Labute approximate surface area is 154 Å². The van der Waals surface area contributed by atoms with Gasteiger partial charge in [0.2, 0.25) is 0 Å². The average molecular weight is 339 g/mol. The molecule has 2 nitrogen and oxygen atoms in total. The van der Waals surface area contributed by atoms with E-state index >= 15 is 0 Å². The molecule has 2 heteroatoms. The van der Waals surface area contributed by atoms with Crippen molar-refractivity contribution in [3.8, 4) is 11.3 Å². The second kappa shape index (κ2) is 11.8. The van der Waals surface area contributed by atoms with Crippen molar-refractivity contribution in [2.45, 2.75) is 84.5 Å². The predicted molar refractivity (Wildman–Crippen MR) is 108 cm³/mol. The topological polar surface area (TPSA) is 25.8 Å². The van der Waals surface area contributed by atoms with Gasteiger partial charge in [-0.1, -0.05) is 83.1 Å². The summed E-state index contributed by atoms with van der Waals surface area (Å²) in [4.78, 5) is 0. The molecule has 0 saturated heterocycles. The first-order valence-electron chi connectivity index (χ1n) is 10.3. The van der Waals surface area contributed by atoms with Gasteiger partial charge in [-0.05, 0) is 43.4 Å². The van der Waals surface area contributed by atoms with Crippen LogP contribution in [-0.2, 0) is 12.8 Å². The van der Waals surface area contributed by atoms with E-state index in [1.807, 2.05) is 0 Å². The van der Waals surface area contributed by atoms with Gasteiger partial charge < -0.3 is 0 Å². The van der Waals surface area contributed by atoms with Crippen molar-refractivity contribution in [3.63, 3.8) is 0 Å². The number of benzene rings is 1. The largest absolute Gasteiger partial charge is 0.155 e. The minimum absolute atomic E-state index is 0.979. The molecule has 0 unspecified atom stereocenters. The third kappa shape index (κ3) is 7.37. The number of hydrogen-bond donors (Lipinski definition) is 0. The van der Waals surface area contributed by atoms with E-state index in [0.29, 0.717) is 0 Å². The van der Waals surface area contributed by atoms with Crippen LogP contribution in [0, 0.1) is 0 Å². The van der Waals surface area contributed by atoms with Gasteiger partial charge >= 0.3 is 0 Å². The second-order valence-corrected chi connectivity index (χ2v) is 7.08. The van der Waals surface area contributed by atoms with E-state index in [4.69, 9.17) is 0 Å². The highest BCUT2D eigenvalue weighted by molar-refractivity contribution is 5.58. The first-order chi connectivity index (χ1) is 12.3. The van der Waals surface area contributed by atoms with E-state index in [-0.39, 0.29) is 0 Å². The normalized spacial score (nSPS) is 11.0. The molecule has 0 radical (unpaired) electrons. The summed E-state index contributed by atoms with van der Waals surface area (Å²) in [6, 6.07) is 13.1. The standard InChI is InChI=1S/C23H34N2/c1-3-5-7-8-9-11-13-22-18-19-23(25-24-22)21-16-14-20(15-17-21)12-10-6-4-2/h14-19H,3-13H2,1-2H3. The van der Waals surface area contributed by atoms with Gasteiger partial charge in [0.25, 0.3) is 0 Å². The van der Waals surface area contributed by atoms with Crippen molar-refractivity contribution in [3.05, 3.63) is 47.7 Å². The highest BCUT2D eigenvalue weighted by atomic mass is 15.1. The maximum Gasteiger partial charge on any atom is 0.0929 e. The third-order valence-electron chi connectivity index (χ3n) is 4.82. The fraction of sp³-hybridized carbons (Fsp3) is 0.565. The third-order valence-corrected chi connectivity index (χ3v) is 4.82. The van der Waals surface area contributed by atoms with Gasteiger partial charge in [0.15, 0.2) is 0 Å². The van der Waals surface area contributed by atoms with Crippen molar-refractivity contribution in [1.82, 2.24) is 10.2 Å². The first kappa shape index (κ1) is 19.6. The molecule has 0 aliphatic rings. The molecule has 0 bridgehead atoms. The van der Waals surface area contributed by atoms with Crippen molar-refractivity contribution < 1.29 is 0 Å². The smallest absolute Gasteiger partial charge is 0.0929 e. The summed E-state index contributed by atoms with van der Waals surface area (Å²) in [5.74, 6) is 0. The van der Waals surface area contributed by atoms with Crippen molar-refractivity contribution in [2.24, 2.45) is 0 Å². The summed E-state index contributed by atoms with van der Waals surface area (Å²) in [5.41, 5.74) is 4.69. The molecule has 0 aliphatic carbocycles. The molecule has 2 rings (SSSR count). The maximum atomic E-state index is 4.43. The fourth-order valence-electron chi connectivity index (χ4n) is 3.15. The second-order valence-electron chi connectivity index (χ2n) is 7.08. The maximum absolute atomic E-state index is 4.43. The molecule has 1 aromatic heterocycles. The number of aromatic nitrogens is 2. The molecular weight excluding hydrogens is 304 g/mol. The lowest BCUT2D eigenvalue weighted by molar-refractivity contribution is 0.603. The van der Waals surface area contributed by atoms with Gasteiger partial charge in [0.1, 0.15) is 0 Å². The van der Waals surface area contributed by atoms with Gasteiger partial charge in [-0.15, -0.1) is 0 Å². The highest BCUT2D eigenvalue weighted by Gasteiger charge is 2.02. The summed E-state index contributed by atoms with van der Waals surface area (Å²) < 4.78 is 0. The van der Waals surface area contributed by atoms with E-state index in [0.717, 1.165) is 23.4 Å². The summed E-state index contributed by atoms with van der Waals surface area (Å²) in [6.45, 7) is 4.51.